The first-order valence-corrected chi connectivity index (χ1v) is 9.32. The number of esters is 1. The maximum Gasteiger partial charge on any atom is 0.316 e. The number of amides is 1. The van der Waals surface area contributed by atoms with Crippen molar-refractivity contribution in [1.29, 1.82) is 10.5 Å². The van der Waals surface area contributed by atoms with E-state index >= 15 is 0 Å². The van der Waals surface area contributed by atoms with E-state index in [9.17, 15) is 20.1 Å². The van der Waals surface area contributed by atoms with Crippen molar-refractivity contribution in [3.63, 3.8) is 0 Å². The maximum atomic E-state index is 12.4. The Morgan fingerprint density at radius 1 is 1.33 bits per heavy atom. The molecule has 140 valence electrons. The maximum absolute atomic E-state index is 12.4. The molecule has 1 aliphatic heterocycles. The van der Waals surface area contributed by atoms with Crippen LogP contribution in [0.15, 0.2) is 34.9 Å². The number of methoxy groups -OCH3 is 1. The van der Waals surface area contributed by atoms with E-state index in [1.54, 1.807) is 24.3 Å². The van der Waals surface area contributed by atoms with Crippen LogP contribution in [-0.2, 0) is 14.3 Å². The van der Waals surface area contributed by atoms with Crippen LogP contribution in [0.5, 0.6) is 5.75 Å². The van der Waals surface area contributed by atoms with Gasteiger partial charge < -0.3 is 14.8 Å². The van der Waals surface area contributed by atoms with E-state index in [0.29, 0.717) is 24.3 Å². The molecule has 0 aliphatic carbocycles. The topological polar surface area (TPSA) is 112 Å². The lowest BCUT2D eigenvalue weighted by molar-refractivity contribution is -0.140. The molecule has 0 saturated heterocycles. The summed E-state index contributed by atoms with van der Waals surface area (Å²) in [5, 5.41) is 22.1. The number of nitrogens with one attached hydrogen (secondary N) is 1. The van der Waals surface area contributed by atoms with Crippen LogP contribution in [0.4, 0.5) is 0 Å². The number of hydrogen-bond acceptors (Lipinski definition) is 7. The minimum atomic E-state index is -1.08. The number of carbonyl (C=O) groups is 2. The van der Waals surface area contributed by atoms with Gasteiger partial charge in [0.1, 0.15) is 11.7 Å². The number of para-hydroxylation sites is 1. The lowest BCUT2D eigenvalue weighted by Gasteiger charge is -2.29. The molecule has 8 heteroatoms. The Morgan fingerprint density at radius 3 is 2.70 bits per heavy atom. The van der Waals surface area contributed by atoms with E-state index in [2.05, 4.69) is 11.4 Å². The largest absolute Gasteiger partial charge is 0.496 e. The van der Waals surface area contributed by atoms with Crippen molar-refractivity contribution in [2.24, 2.45) is 5.92 Å². The van der Waals surface area contributed by atoms with Crippen LogP contribution >= 0.6 is 11.8 Å². The van der Waals surface area contributed by atoms with Crippen molar-refractivity contribution in [2.75, 3.05) is 19.5 Å². The third-order valence-corrected chi connectivity index (χ3v) is 4.93. The lowest BCUT2D eigenvalue weighted by Crippen LogP contribution is -2.39. The van der Waals surface area contributed by atoms with Gasteiger partial charge >= 0.3 is 5.97 Å². The van der Waals surface area contributed by atoms with Crippen LogP contribution in [0, 0.1) is 28.6 Å². The number of thioether (sulfide) groups is 1. The van der Waals surface area contributed by atoms with Crippen LogP contribution in [0.2, 0.25) is 0 Å². The number of hydrogen-bond donors (Lipinski definition) is 1. The highest BCUT2D eigenvalue weighted by atomic mass is 32.2. The number of nitrogens with zero attached hydrogens (tertiary/aromatic N) is 2. The molecule has 1 aromatic carbocycles. The van der Waals surface area contributed by atoms with Crippen LogP contribution in [-0.4, -0.2) is 31.3 Å². The summed E-state index contributed by atoms with van der Waals surface area (Å²) < 4.78 is 10.4. The Bertz CT molecular complexity index is 838. The third-order valence-electron chi connectivity index (χ3n) is 3.94. The summed E-state index contributed by atoms with van der Waals surface area (Å²) in [4.78, 5) is 24.2. The number of benzene rings is 1. The fourth-order valence-corrected chi connectivity index (χ4v) is 3.58. The molecule has 1 heterocycles. The van der Waals surface area contributed by atoms with Crippen LogP contribution in [0.1, 0.15) is 24.8 Å². The van der Waals surface area contributed by atoms with Crippen molar-refractivity contribution < 1.29 is 19.1 Å². The minimum absolute atomic E-state index is 0.0450. The van der Waals surface area contributed by atoms with Crippen molar-refractivity contribution in [1.82, 2.24) is 5.32 Å². The molecule has 27 heavy (non-hydrogen) atoms. The highest BCUT2D eigenvalue weighted by Crippen LogP contribution is 2.42. The van der Waals surface area contributed by atoms with Gasteiger partial charge in [-0.05, 0) is 12.5 Å². The fraction of sp³-hybridized carbons (Fsp3) is 0.368. The average Bonchev–Trinajstić information content (AvgIpc) is 2.69. The monoisotopic (exact) mass is 385 g/mol. The van der Waals surface area contributed by atoms with Gasteiger partial charge in [-0.2, -0.15) is 10.5 Å². The summed E-state index contributed by atoms with van der Waals surface area (Å²) in [6.07, 6.45) is 0.707. The molecule has 1 aliphatic rings. The van der Waals surface area contributed by atoms with E-state index in [4.69, 9.17) is 9.47 Å². The van der Waals surface area contributed by atoms with Gasteiger partial charge in [0, 0.05) is 5.56 Å². The van der Waals surface area contributed by atoms with Crippen molar-refractivity contribution in [2.45, 2.75) is 19.3 Å². The second-order valence-corrected chi connectivity index (χ2v) is 6.66. The van der Waals surface area contributed by atoms with Gasteiger partial charge in [-0.3, -0.25) is 9.59 Å². The lowest BCUT2D eigenvalue weighted by atomic mass is 9.79. The second-order valence-electron chi connectivity index (χ2n) is 5.68. The Hall–Kier alpha value is -2.97. The quantitative estimate of drug-likeness (QED) is 0.717. The average molecular weight is 385 g/mol. The first kappa shape index (κ1) is 20.3. The molecule has 0 fully saturated rings. The molecular weight excluding hydrogens is 366 g/mol. The zero-order valence-corrected chi connectivity index (χ0v) is 15.8. The van der Waals surface area contributed by atoms with Crippen LogP contribution in [0.25, 0.3) is 0 Å². The molecule has 2 rings (SSSR count). The molecule has 0 aromatic heterocycles. The van der Waals surface area contributed by atoms with E-state index in [0.717, 1.165) is 11.8 Å². The Morgan fingerprint density at radius 2 is 2.07 bits per heavy atom. The number of carbonyl (C=O) groups excluding carboxylic acids is 2. The molecule has 0 saturated carbocycles. The molecule has 0 unspecified atom stereocenters. The first-order chi connectivity index (χ1) is 13.1. The van der Waals surface area contributed by atoms with E-state index in [1.807, 2.05) is 13.0 Å². The molecule has 2 atom stereocenters. The molecule has 1 aromatic rings. The summed E-state index contributed by atoms with van der Waals surface area (Å²) >= 11 is 1.02. The summed E-state index contributed by atoms with van der Waals surface area (Å²) in [5.41, 5.74) is 0.795. The number of nitriles is 2. The molecule has 1 N–H and O–H groups in total. The van der Waals surface area contributed by atoms with Gasteiger partial charge in [0.05, 0.1) is 48.1 Å². The minimum Gasteiger partial charge on any atom is -0.496 e. The summed E-state index contributed by atoms with van der Waals surface area (Å²) in [7, 11) is 1.48. The fourth-order valence-electron chi connectivity index (χ4n) is 2.73. The van der Waals surface area contributed by atoms with Gasteiger partial charge in [0.25, 0.3) is 0 Å². The summed E-state index contributed by atoms with van der Waals surface area (Å²) in [5.74, 6) is -2.37. The molecular formula is C19H19N3O4S. The summed E-state index contributed by atoms with van der Waals surface area (Å²) in [6.45, 7) is 2.20. The predicted molar refractivity (Wildman–Crippen MR) is 99.3 cm³/mol. The first-order valence-electron chi connectivity index (χ1n) is 8.33. The number of ether oxygens (including phenoxy) is 2. The standard InChI is InChI=1S/C19H19N3O4S/c1-3-8-26-16(23)11-27-19-14(10-21)17(13(9-20)18(24)22-19)12-6-4-5-7-15(12)25-2/h4-7,13,17H,3,8,11H2,1-2H3,(H,22,24)/t13-,17-/m0/s1. The summed E-state index contributed by atoms with van der Waals surface area (Å²) in [6, 6.07) is 11.0. The van der Waals surface area contributed by atoms with E-state index < -0.39 is 23.7 Å². The van der Waals surface area contributed by atoms with Crippen molar-refractivity contribution in [3.05, 3.63) is 40.4 Å². The zero-order chi connectivity index (χ0) is 19.8. The van der Waals surface area contributed by atoms with E-state index in [1.165, 1.54) is 7.11 Å². The molecule has 0 spiro atoms. The van der Waals surface area contributed by atoms with Crippen LogP contribution in [0.3, 0.4) is 0 Å². The van der Waals surface area contributed by atoms with Crippen molar-refractivity contribution >= 4 is 23.6 Å². The SMILES string of the molecule is CCCOC(=O)CSC1=C(C#N)[C@@H](c2ccccc2OC)[C@H](C#N)C(=O)N1. The molecule has 0 radical (unpaired) electrons. The van der Waals surface area contributed by atoms with Crippen LogP contribution < -0.4 is 10.1 Å². The third kappa shape index (κ3) is 4.60. The molecule has 0 bridgehead atoms. The predicted octanol–water partition coefficient (Wildman–Crippen LogP) is 2.47. The molecule has 1 amide bonds. The smallest absolute Gasteiger partial charge is 0.316 e. The van der Waals surface area contributed by atoms with Crippen molar-refractivity contribution in [3.8, 4) is 17.9 Å². The Balaban J connectivity index is 2.42. The Kier molecular flexibility index (Phi) is 7.27. The second kappa shape index (κ2) is 9.65. The zero-order valence-electron chi connectivity index (χ0n) is 15.0. The normalized spacial score (nSPS) is 18.9. The van der Waals surface area contributed by atoms with Gasteiger partial charge in [0.2, 0.25) is 5.91 Å². The molecule has 7 nitrogen and oxygen atoms in total. The van der Waals surface area contributed by atoms with Gasteiger partial charge in [-0.15, -0.1) is 0 Å². The highest BCUT2D eigenvalue weighted by molar-refractivity contribution is 8.03. The highest BCUT2D eigenvalue weighted by Gasteiger charge is 2.40. The van der Waals surface area contributed by atoms with E-state index in [-0.39, 0.29) is 16.4 Å². The van der Waals surface area contributed by atoms with Gasteiger partial charge in [0.15, 0.2) is 0 Å². The Labute approximate surface area is 161 Å². The number of rotatable bonds is 7. The van der Waals surface area contributed by atoms with Gasteiger partial charge in [-0.1, -0.05) is 36.9 Å². The number of allylic oxidation sites excluding steroid dienone is 1. The van der Waals surface area contributed by atoms with Gasteiger partial charge in [-0.25, -0.2) is 0 Å².